The van der Waals surface area contributed by atoms with E-state index >= 15 is 0 Å². The Morgan fingerprint density at radius 2 is 2.50 bits per heavy atom. The number of ether oxygens (including phenoxy) is 1. The number of aliphatic hydroxyl groups excluding tert-OH is 1. The molecule has 0 radical (unpaired) electrons. The molecule has 1 aromatic heterocycles. The minimum absolute atomic E-state index is 0.184. The van der Waals surface area contributed by atoms with E-state index in [1.165, 1.54) is 18.4 Å². The highest BCUT2D eigenvalue weighted by molar-refractivity contribution is 7.07. The van der Waals surface area contributed by atoms with Crippen LogP contribution in [0.3, 0.4) is 0 Å². The van der Waals surface area contributed by atoms with Gasteiger partial charge in [-0.05, 0) is 60.9 Å². The van der Waals surface area contributed by atoms with Crippen molar-refractivity contribution in [2.24, 2.45) is 0 Å². The molecule has 1 fully saturated rings. The third-order valence-corrected chi connectivity index (χ3v) is 3.87. The normalized spacial score (nSPS) is 22.4. The topological polar surface area (TPSA) is 29.5 Å². The lowest BCUT2D eigenvalue weighted by Gasteiger charge is -2.12. The number of hydrogen-bond donors (Lipinski definition) is 1. The second-order valence-corrected chi connectivity index (χ2v) is 5.34. The molecule has 2 atom stereocenters. The minimum Gasteiger partial charge on any atom is -0.393 e. The smallest absolute Gasteiger partial charge is 0.0580 e. The summed E-state index contributed by atoms with van der Waals surface area (Å²) in [4.78, 5) is 0. The first-order chi connectivity index (χ1) is 7.84. The third-order valence-electron chi connectivity index (χ3n) is 3.14. The first-order valence-corrected chi connectivity index (χ1v) is 7.09. The predicted molar refractivity (Wildman–Crippen MR) is 66.9 cm³/mol. The summed E-state index contributed by atoms with van der Waals surface area (Å²) in [5.74, 6) is 0. The molecule has 2 nitrogen and oxygen atoms in total. The van der Waals surface area contributed by atoms with E-state index in [1.807, 2.05) is 0 Å². The van der Waals surface area contributed by atoms with Crippen LogP contribution in [-0.2, 0) is 11.2 Å². The van der Waals surface area contributed by atoms with E-state index in [9.17, 15) is 5.11 Å². The van der Waals surface area contributed by atoms with Crippen molar-refractivity contribution in [2.45, 2.75) is 50.7 Å². The second-order valence-electron chi connectivity index (χ2n) is 4.56. The maximum Gasteiger partial charge on any atom is 0.0580 e. The van der Waals surface area contributed by atoms with Crippen LogP contribution in [0.25, 0.3) is 0 Å². The molecule has 0 amide bonds. The Morgan fingerprint density at radius 1 is 1.56 bits per heavy atom. The fourth-order valence-corrected chi connectivity index (χ4v) is 2.92. The van der Waals surface area contributed by atoms with E-state index in [0.717, 1.165) is 32.3 Å². The average Bonchev–Trinajstić information content (AvgIpc) is 2.90. The second kappa shape index (κ2) is 6.38. The molecular formula is C13H20O2S. The Balaban J connectivity index is 1.58. The largest absolute Gasteiger partial charge is 0.393 e. The highest BCUT2D eigenvalue weighted by Gasteiger charge is 2.15. The zero-order valence-electron chi connectivity index (χ0n) is 9.60. The Kier molecular flexibility index (Phi) is 4.82. The number of aliphatic hydroxyl groups is 1. The predicted octanol–water partition coefficient (Wildman–Crippen LogP) is 3.00. The molecule has 0 aromatic carbocycles. The van der Waals surface area contributed by atoms with Crippen molar-refractivity contribution < 1.29 is 9.84 Å². The van der Waals surface area contributed by atoms with Crippen molar-refractivity contribution >= 4 is 11.3 Å². The minimum atomic E-state index is -0.184. The van der Waals surface area contributed by atoms with Gasteiger partial charge in [0, 0.05) is 6.61 Å². The molecule has 0 aliphatic carbocycles. The van der Waals surface area contributed by atoms with Gasteiger partial charge in [-0.3, -0.25) is 0 Å². The molecule has 0 saturated carbocycles. The molecule has 2 unspecified atom stereocenters. The van der Waals surface area contributed by atoms with Crippen LogP contribution in [-0.4, -0.2) is 23.9 Å². The van der Waals surface area contributed by atoms with E-state index in [-0.39, 0.29) is 6.10 Å². The Hall–Kier alpha value is -0.380. The van der Waals surface area contributed by atoms with E-state index in [1.54, 1.807) is 11.3 Å². The van der Waals surface area contributed by atoms with Crippen molar-refractivity contribution in [1.82, 2.24) is 0 Å². The number of thiophene rings is 1. The van der Waals surface area contributed by atoms with E-state index in [2.05, 4.69) is 16.8 Å². The van der Waals surface area contributed by atoms with Gasteiger partial charge in [0.15, 0.2) is 0 Å². The molecule has 1 aliphatic heterocycles. The van der Waals surface area contributed by atoms with Gasteiger partial charge in [-0.15, -0.1) is 0 Å². The molecule has 3 heteroatoms. The van der Waals surface area contributed by atoms with Gasteiger partial charge in [0.2, 0.25) is 0 Å². The quantitative estimate of drug-likeness (QED) is 0.828. The van der Waals surface area contributed by atoms with Crippen LogP contribution in [0.2, 0.25) is 0 Å². The lowest BCUT2D eigenvalue weighted by molar-refractivity contribution is 0.0945. The average molecular weight is 240 g/mol. The maximum atomic E-state index is 9.86. The summed E-state index contributed by atoms with van der Waals surface area (Å²) in [7, 11) is 0. The summed E-state index contributed by atoms with van der Waals surface area (Å²) < 4.78 is 5.56. The molecule has 16 heavy (non-hydrogen) atoms. The van der Waals surface area contributed by atoms with Crippen LogP contribution in [0.5, 0.6) is 0 Å². The number of rotatable bonds is 6. The van der Waals surface area contributed by atoms with Crippen molar-refractivity contribution in [1.29, 1.82) is 0 Å². The monoisotopic (exact) mass is 240 g/mol. The van der Waals surface area contributed by atoms with Gasteiger partial charge < -0.3 is 9.84 Å². The highest BCUT2D eigenvalue weighted by Crippen LogP contribution is 2.19. The summed E-state index contributed by atoms with van der Waals surface area (Å²) in [6.07, 6.45) is 6.59. The standard InChI is InChI=1S/C13H20O2S/c14-12(9-11-6-8-16-10-11)3-1-4-13-5-2-7-15-13/h6,8,10,12-14H,1-5,7,9H2. The fraction of sp³-hybridized carbons (Fsp3) is 0.692. The molecule has 2 heterocycles. The van der Waals surface area contributed by atoms with Crippen LogP contribution >= 0.6 is 11.3 Å². The van der Waals surface area contributed by atoms with E-state index in [0.29, 0.717) is 6.10 Å². The van der Waals surface area contributed by atoms with Crippen LogP contribution in [0.15, 0.2) is 16.8 Å². The Labute approximate surface area is 101 Å². The van der Waals surface area contributed by atoms with Gasteiger partial charge in [-0.2, -0.15) is 11.3 Å². The van der Waals surface area contributed by atoms with Crippen molar-refractivity contribution in [2.75, 3.05) is 6.61 Å². The Morgan fingerprint density at radius 3 is 3.19 bits per heavy atom. The highest BCUT2D eigenvalue weighted by atomic mass is 32.1. The SMILES string of the molecule is OC(CCCC1CCCO1)Cc1ccsc1. The van der Waals surface area contributed by atoms with Crippen LogP contribution < -0.4 is 0 Å². The van der Waals surface area contributed by atoms with Crippen LogP contribution in [0, 0.1) is 0 Å². The maximum absolute atomic E-state index is 9.86. The number of hydrogen-bond acceptors (Lipinski definition) is 3. The molecule has 1 saturated heterocycles. The lowest BCUT2D eigenvalue weighted by atomic mass is 10.0. The summed E-state index contributed by atoms with van der Waals surface area (Å²) >= 11 is 1.69. The van der Waals surface area contributed by atoms with Crippen molar-refractivity contribution in [3.63, 3.8) is 0 Å². The van der Waals surface area contributed by atoms with Gasteiger partial charge in [0.05, 0.1) is 12.2 Å². The van der Waals surface area contributed by atoms with Crippen LogP contribution in [0.4, 0.5) is 0 Å². The molecule has 1 aromatic rings. The fourth-order valence-electron chi connectivity index (χ4n) is 2.24. The summed E-state index contributed by atoms with van der Waals surface area (Å²) in [6, 6.07) is 2.09. The first-order valence-electron chi connectivity index (χ1n) is 6.15. The summed E-state index contributed by atoms with van der Waals surface area (Å²) in [6.45, 7) is 0.933. The van der Waals surface area contributed by atoms with Gasteiger partial charge in [0.25, 0.3) is 0 Å². The van der Waals surface area contributed by atoms with E-state index < -0.39 is 0 Å². The van der Waals surface area contributed by atoms with Gasteiger partial charge in [0.1, 0.15) is 0 Å². The van der Waals surface area contributed by atoms with Gasteiger partial charge in [-0.1, -0.05) is 0 Å². The van der Waals surface area contributed by atoms with Gasteiger partial charge in [-0.25, -0.2) is 0 Å². The lowest BCUT2D eigenvalue weighted by Crippen LogP contribution is -2.12. The summed E-state index contributed by atoms with van der Waals surface area (Å²) in [5.41, 5.74) is 1.26. The first kappa shape index (κ1) is 12.1. The molecule has 0 spiro atoms. The molecule has 1 N–H and O–H groups in total. The van der Waals surface area contributed by atoms with Crippen molar-refractivity contribution in [3.8, 4) is 0 Å². The molecule has 90 valence electrons. The zero-order valence-corrected chi connectivity index (χ0v) is 10.4. The van der Waals surface area contributed by atoms with Gasteiger partial charge >= 0.3 is 0 Å². The molecule has 0 bridgehead atoms. The van der Waals surface area contributed by atoms with E-state index in [4.69, 9.17) is 4.74 Å². The molecule has 2 rings (SSSR count). The zero-order chi connectivity index (χ0) is 11.2. The third kappa shape index (κ3) is 3.89. The van der Waals surface area contributed by atoms with Crippen LogP contribution in [0.1, 0.15) is 37.7 Å². The molecule has 1 aliphatic rings. The summed E-state index contributed by atoms with van der Waals surface area (Å²) in [5, 5.41) is 14.0. The molecular weight excluding hydrogens is 220 g/mol. The van der Waals surface area contributed by atoms with Crippen molar-refractivity contribution in [3.05, 3.63) is 22.4 Å². The Bertz CT molecular complexity index is 278.